The zero-order chi connectivity index (χ0) is 20.2. The minimum Gasteiger partial charge on any atom is -0.508 e. The first-order chi connectivity index (χ1) is 13.7. The maximum atomic E-state index is 9.37. The fourth-order valence-corrected chi connectivity index (χ4v) is 2.69. The molecule has 0 aliphatic carbocycles. The van der Waals surface area contributed by atoms with E-state index >= 15 is 0 Å². The summed E-state index contributed by atoms with van der Waals surface area (Å²) in [6, 6.07) is 13.2. The van der Waals surface area contributed by atoms with E-state index in [2.05, 4.69) is 21.7 Å². The number of phenols is 1. The van der Waals surface area contributed by atoms with Crippen LogP contribution in [0.2, 0.25) is 0 Å². The Morgan fingerprint density at radius 2 is 1.55 bits per heavy atom. The van der Waals surface area contributed by atoms with Crippen LogP contribution in [-0.4, -0.2) is 37.4 Å². The van der Waals surface area contributed by atoms with Gasteiger partial charge in [0.05, 0.1) is 19.8 Å². The summed E-state index contributed by atoms with van der Waals surface area (Å²) in [4.78, 5) is 4.60. The summed E-state index contributed by atoms with van der Waals surface area (Å²) in [5.41, 5.74) is 2.22. The Kier molecular flexibility index (Phi) is 11.9. The first-order valence-electron chi connectivity index (χ1n) is 9.84. The largest absolute Gasteiger partial charge is 0.508 e. The van der Waals surface area contributed by atoms with Crippen LogP contribution in [0.15, 0.2) is 47.5 Å². The Labute approximate surface area is 190 Å². The molecule has 0 saturated heterocycles. The van der Waals surface area contributed by atoms with Crippen molar-refractivity contribution in [3.8, 4) is 17.2 Å². The fraction of sp³-hybridized carbons (Fsp3) is 0.409. The number of rotatable bonds is 10. The first kappa shape index (κ1) is 24.9. The van der Waals surface area contributed by atoms with Gasteiger partial charge in [0.1, 0.15) is 5.75 Å². The van der Waals surface area contributed by atoms with Gasteiger partial charge in [-0.05, 0) is 62.6 Å². The van der Waals surface area contributed by atoms with Gasteiger partial charge in [0.25, 0.3) is 0 Å². The van der Waals surface area contributed by atoms with Crippen molar-refractivity contribution in [2.45, 2.75) is 33.7 Å². The average molecular weight is 513 g/mol. The molecule has 2 aromatic rings. The van der Waals surface area contributed by atoms with Gasteiger partial charge in [-0.15, -0.1) is 24.0 Å². The molecule has 0 fully saturated rings. The molecule has 2 aromatic carbocycles. The van der Waals surface area contributed by atoms with Gasteiger partial charge < -0.3 is 25.2 Å². The van der Waals surface area contributed by atoms with E-state index in [-0.39, 0.29) is 29.7 Å². The molecule has 6 nitrogen and oxygen atoms in total. The molecule has 0 unspecified atom stereocenters. The highest BCUT2D eigenvalue weighted by atomic mass is 127. The predicted octanol–water partition coefficient (Wildman–Crippen LogP) is 4.11. The van der Waals surface area contributed by atoms with Gasteiger partial charge in [-0.25, -0.2) is 4.99 Å². The maximum Gasteiger partial charge on any atom is 0.191 e. The van der Waals surface area contributed by atoms with E-state index in [1.807, 2.05) is 45.0 Å². The Bertz CT molecular complexity index is 751. The van der Waals surface area contributed by atoms with Crippen molar-refractivity contribution < 1.29 is 14.6 Å². The minimum absolute atomic E-state index is 0. The quantitative estimate of drug-likeness (QED) is 0.254. The normalized spacial score (nSPS) is 10.8. The van der Waals surface area contributed by atoms with Crippen LogP contribution in [0.25, 0.3) is 0 Å². The molecular weight excluding hydrogens is 481 g/mol. The smallest absolute Gasteiger partial charge is 0.191 e. The number of aliphatic imine (C=N–C) groups is 1. The summed E-state index contributed by atoms with van der Waals surface area (Å²) in [6.45, 7) is 9.29. The van der Waals surface area contributed by atoms with Crippen molar-refractivity contribution in [1.82, 2.24) is 10.6 Å². The number of hydrogen-bond donors (Lipinski definition) is 3. The molecule has 0 aliphatic heterocycles. The minimum atomic E-state index is 0. The molecule has 0 aliphatic rings. The van der Waals surface area contributed by atoms with E-state index in [4.69, 9.17) is 9.47 Å². The number of aromatic hydroxyl groups is 1. The summed E-state index contributed by atoms with van der Waals surface area (Å²) in [5.74, 6) is 2.60. The van der Waals surface area contributed by atoms with Crippen molar-refractivity contribution in [3.05, 3.63) is 53.6 Å². The third kappa shape index (κ3) is 8.81. The van der Waals surface area contributed by atoms with E-state index in [0.29, 0.717) is 19.8 Å². The molecule has 7 heteroatoms. The summed E-state index contributed by atoms with van der Waals surface area (Å²) < 4.78 is 11.3. The molecule has 0 saturated carbocycles. The lowest BCUT2D eigenvalue weighted by molar-refractivity contribution is 0.287. The molecule has 0 amide bonds. The van der Waals surface area contributed by atoms with Crippen molar-refractivity contribution >= 4 is 29.9 Å². The van der Waals surface area contributed by atoms with Crippen molar-refractivity contribution in [2.24, 2.45) is 4.99 Å². The van der Waals surface area contributed by atoms with Crippen LogP contribution < -0.4 is 20.1 Å². The van der Waals surface area contributed by atoms with Crippen molar-refractivity contribution in [1.29, 1.82) is 0 Å². The second-order valence-electron chi connectivity index (χ2n) is 6.19. The van der Waals surface area contributed by atoms with Gasteiger partial charge >= 0.3 is 0 Å². The highest BCUT2D eigenvalue weighted by Crippen LogP contribution is 2.28. The molecule has 0 bridgehead atoms. The Balaban J connectivity index is 0.00000420. The number of benzene rings is 2. The predicted molar refractivity (Wildman–Crippen MR) is 129 cm³/mol. The molecule has 29 heavy (non-hydrogen) atoms. The lowest BCUT2D eigenvalue weighted by atomic mass is 10.1. The number of hydrogen-bond acceptors (Lipinski definition) is 4. The van der Waals surface area contributed by atoms with Gasteiger partial charge in [0.2, 0.25) is 0 Å². The number of nitrogens with one attached hydrogen (secondary N) is 2. The monoisotopic (exact) mass is 513 g/mol. The van der Waals surface area contributed by atoms with E-state index in [1.54, 1.807) is 12.1 Å². The Hall–Kier alpha value is -2.16. The van der Waals surface area contributed by atoms with Crippen LogP contribution in [0.1, 0.15) is 31.9 Å². The highest BCUT2D eigenvalue weighted by molar-refractivity contribution is 14.0. The van der Waals surface area contributed by atoms with Gasteiger partial charge in [-0.1, -0.05) is 18.2 Å². The molecule has 0 radical (unpaired) electrons. The molecule has 160 valence electrons. The Morgan fingerprint density at radius 3 is 2.21 bits per heavy atom. The summed E-state index contributed by atoms with van der Waals surface area (Å²) in [5, 5.41) is 16.0. The molecular formula is C22H32IN3O3. The topological polar surface area (TPSA) is 75.1 Å². The van der Waals surface area contributed by atoms with E-state index < -0.39 is 0 Å². The van der Waals surface area contributed by atoms with Crippen LogP contribution in [0.3, 0.4) is 0 Å². The third-order valence-corrected chi connectivity index (χ3v) is 4.01. The van der Waals surface area contributed by atoms with Gasteiger partial charge in [-0.3, -0.25) is 0 Å². The molecule has 3 N–H and O–H groups in total. The van der Waals surface area contributed by atoms with Crippen LogP contribution in [0.4, 0.5) is 0 Å². The Morgan fingerprint density at radius 1 is 0.897 bits per heavy atom. The van der Waals surface area contributed by atoms with Gasteiger partial charge in [0.15, 0.2) is 17.5 Å². The first-order valence-corrected chi connectivity index (χ1v) is 9.84. The van der Waals surface area contributed by atoms with E-state index in [1.165, 1.54) is 5.56 Å². The molecule has 2 rings (SSSR count). The fourth-order valence-electron chi connectivity index (χ4n) is 2.69. The lowest BCUT2D eigenvalue weighted by Gasteiger charge is -2.14. The molecule has 0 spiro atoms. The number of halogens is 1. The van der Waals surface area contributed by atoms with Crippen molar-refractivity contribution in [2.75, 3.05) is 26.3 Å². The van der Waals surface area contributed by atoms with Crippen molar-refractivity contribution in [3.63, 3.8) is 0 Å². The molecule has 0 aromatic heterocycles. The second kappa shape index (κ2) is 13.9. The number of guanidine groups is 1. The highest BCUT2D eigenvalue weighted by Gasteiger charge is 2.06. The third-order valence-electron chi connectivity index (χ3n) is 4.01. The van der Waals surface area contributed by atoms with Crippen LogP contribution in [-0.2, 0) is 13.0 Å². The van der Waals surface area contributed by atoms with Gasteiger partial charge in [0, 0.05) is 13.1 Å². The van der Waals surface area contributed by atoms with E-state index in [9.17, 15) is 5.11 Å². The van der Waals surface area contributed by atoms with Gasteiger partial charge in [-0.2, -0.15) is 0 Å². The molecule has 0 atom stereocenters. The number of ether oxygens (including phenoxy) is 2. The van der Waals surface area contributed by atoms with Crippen LogP contribution in [0.5, 0.6) is 17.2 Å². The average Bonchev–Trinajstić information content (AvgIpc) is 2.69. The zero-order valence-electron chi connectivity index (χ0n) is 17.4. The molecule has 0 heterocycles. The summed E-state index contributed by atoms with van der Waals surface area (Å²) in [7, 11) is 0. The number of phenolic OH excluding ortho intramolecular Hbond substituents is 1. The van der Waals surface area contributed by atoms with E-state index in [0.717, 1.165) is 42.5 Å². The zero-order valence-corrected chi connectivity index (χ0v) is 19.7. The second-order valence-corrected chi connectivity index (χ2v) is 6.19. The van der Waals surface area contributed by atoms with Crippen LogP contribution in [0, 0.1) is 0 Å². The maximum absolute atomic E-state index is 9.37. The lowest BCUT2D eigenvalue weighted by Crippen LogP contribution is -2.38. The standard InChI is InChI=1S/C22H31N3O3.HI/c1-4-23-22(25-16-18-7-10-19(26)11-8-18)24-14-13-17-9-12-20(27-5-2)21(15-17)28-6-3;/h7-12,15,26H,4-6,13-14,16H2,1-3H3,(H2,23,24,25);1H. The summed E-state index contributed by atoms with van der Waals surface area (Å²) in [6.07, 6.45) is 0.843. The number of nitrogens with zero attached hydrogens (tertiary/aromatic N) is 1. The SMILES string of the molecule is CCNC(=NCc1ccc(O)cc1)NCCc1ccc(OCC)c(OCC)c1.I. The van der Waals surface area contributed by atoms with Crippen LogP contribution >= 0.6 is 24.0 Å². The summed E-state index contributed by atoms with van der Waals surface area (Å²) >= 11 is 0.